The fourth-order valence-corrected chi connectivity index (χ4v) is 4.66. The number of likely N-dealkylation sites (tertiary alicyclic amines) is 1. The number of hydrogen-bond acceptors (Lipinski definition) is 4. The van der Waals surface area contributed by atoms with E-state index in [1.54, 1.807) is 0 Å². The number of benzene rings is 1. The molecule has 1 amide bonds. The van der Waals surface area contributed by atoms with Gasteiger partial charge < -0.3 is 9.80 Å². The van der Waals surface area contributed by atoms with Crippen molar-refractivity contribution in [2.24, 2.45) is 0 Å². The van der Waals surface area contributed by atoms with Gasteiger partial charge in [-0.05, 0) is 49.3 Å². The number of rotatable bonds is 3. The molecule has 2 aromatic rings. The fraction of sp³-hybridized carbons (Fsp3) is 0.500. The maximum atomic E-state index is 13.3. The van der Waals surface area contributed by atoms with E-state index >= 15 is 0 Å². The number of carbonyl (C=O) groups excluding carboxylic acids is 1. The zero-order chi connectivity index (χ0) is 19.0. The van der Waals surface area contributed by atoms with Crippen LogP contribution in [0.3, 0.4) is 0 Å². The third-order valence-corrected chi connectivity index (χ3v) is 6.12. The SMILES string of the molecule is CCc1ccccc1C(=O)N1CCCC2(CCc3cnc(N(C)C)nc32)C1. The van der Waals surface area contributed by atoms with Crippen LogP contribution in [0.4, 0.5) is 5.95 Å². The number of aromatic nitrogens is 2. The minimum Gasteiger partial charge on any atom is -0.347 e. The molecule has 0 radical (unpaired) electrons. The summed E-state index contributed by atoms with van der Waals surface area (Å²) in [5, 5.41) is 0. The van der Waals surface area contributed by atoms with Crippen molar-refractivity contribution in [3.63, 3.8) is 0 Å². The van der Waals surface area contributed by atoms with Gasteiger partial charge in [-0.1, -0.05) is 25.1 Å². The Balaban J connectivity index is 1.65. The summed E-state index contributed by atoms with van der Waals surface area (Å²) in [6.45, 7) is 3.71. The first-order chi connectivity index (χ1) is 13.0. The van der Waals surface area contributed by atoms with Gasteiger partial charge in [0.15, 0.2) is 0 Å². The molecule has 1 unspecified atom stereocenters. The van der Waals surface area contributed by atoms with Crippen molar-refractivity contribution in [3.8, 4) is 0 Å². The van der Waals surface area contributed by atoms with Gasteiger partial charge in [0.25, 0.3) is 5.91 Å². The van der Waals surface area contributed by atoms with Crippen molar-refractivity contribution in [2.75, 3.05) is 32.1 Å². The maximum absolute atomic E-state index is 13.3. The van der Waals surface area contributed by atoms with Crippen molar-refractivity contribution in [1.29, 1.82) is 0 Å². The van der Waals surface area contributed by atoms with Gasteiger partial charge in [0.1, 0.15) is 0 Å². The summed E-state index contributed by atoms with van der Waals surface area (Å²) in [5.74, 6) is 0.927. The molecular weight excluding hydrogens is 336 g/mol. The summed E-state index contributed by atoms with van der Waals surface area (Å²) in [7, 11) is 3.95. The molecule has 1 aromatic heterocycles. The zero-order valence-electron chi connectivity index (χ0n) is 16.5. The Kier molecular flexibility index (Phi) is 4.62. The van der Waals surface area contributed by atoms with E-state index in [-0.39, 0.29) is 11.3 Å². The van der Waals surface area contributed by atoms with Crippen molar-refractivity contribution < 1.29 is 4.79 Å². The highest BCUT2D eigenvalue weighted by Gasteiger charge is 2.45. The fourth-order valence-electron chi connectivity index (χ4n) is 4.66. The number of aryl methyl sites for hydroxylation is 2. The predicted octanol–water partition coefficient (Wildman–Crippen LogP) is 3.23. The van der Waals surface area contributed by atoms with Crippen LogP contribution < -0.4 is 4.90 Å². The minimum atomic E-state index is -0.0158. The Labute approximate surface area is 161 Å². The lowest BCUT2D eigenvalue weighted by Crippen LogP contribution is -2.48. The highest BCUT2D eigenvalue weighted by molar-refractivity contribution is 5.95. The van der Waals surface area contributed by atoms with Gasteiger partial charge in [-0.15, -0.1) is 0 Å². The predicted molar refractivity (Wildman–Crippen MR) is 107 cm³/mol. The van der Waals surface area contributed by atoms with Gasteiger partial charge in [0, 0.05) is 44.4 Å². The molecule has 2 heterocycles. The molecule has 1 atom stereocenters. The molecular formula is C22H28N4O. The van der Waals surface area contributed by atoms with Gasteiger partial charge in [0.05, 0.1) is 5.69 Å². The van der Waals surface area contributed by atoms with Crippen LogP contribution in [0.15, 0.2) is 30.5 Å². The van der Waals surface area contributed by atoms with Crippen molar-refractivity contribution in [2.45, 2.75) is 44.4 Å². The summed E-state index contributed by atoms with van der Waals surface area (Å²) in [6, 6.07) is 8.01. The number of piperidine rings is 1. The molecule has 5 nitrogen and oxygen atoms in total. The van der Waals surface area contributed by atoms with E-state index in [2.05, 4.69) is 22.9 Å². The van der Waals surface area contributed by atoms with E-state index in [1.807, 2.05) is 43.4 Å². The average molecular weight is 364 g/mol. The molecule has 1 saturated heterocycles. The normalized spacial score (nSPS) is 21.4. The van der Waals surface area contributed by atoms with Gasteiger partial charge in [-0.25, -0.2) is 9.97 Å². The molecule has 1 aromatic carbocycles. The lowest BCUT2D eigenvalue weighted by molar-refractivity contribution is 0.0632. The lowest BCUT2D eigenvalue weighted by atomic mass is 9.77. The van der Waals surface area contributed by atoms with E-state index in [0.717, 1.165) is 62.3 Å². The first-order valence-corrected chi connectivity index (χ1v) is 9.95. The number of hydrogen-bond donors (Lipinski definition) is 0. The number of carbonyl (C=O) groups is 1. The molecule has 0 saturated carbocycles. The minimum absolute atomic E-state index is 0.0158. The second-order valence-corrected chi connectivity index (χ2v) is 8.06. The molecule has 0 bridgehead atoms. The molecule has 4 rings (SSSR count). The monoisotopic (exact) mass is 364 g/mol. The van der Waals surface area contributed by atoms with E-state index < -0.39 is 0 Å². The largest absolute Gasteiger partial charge is 0.347 e. The number of nitrogens with zero attached hydrogens (tertiary/aromatic N) is 4. The van der Waals surface area contributed by atoms with Crippen LogP contribution in [0.25, 0.3) is 0 Å². The molecule has 0 N–H and O–H groups in total. The van der Waals surface area contributed by atoms with Crippen LogP contribution in [-0.2, 0) is 18.3 Å². The van der Waals surface area contributed by atoms with E-state index in [9.17, 15) is 4.79 Å². The molecule has 142 valence electrons. The highest BCUT2D eigenvalue weighted by atomic mass is 16.2. The van der Waals surface area contributed by atoms with Crippen LogP contribution in [0.1, 0.15) is 53.4 Å². The topological polar surface area (TPSA) is 49.3 Å². The zero-order valence-corrected chi connectivity index (χ0v) is 16.5. The molecule has 1 spiro atoms. The summed E-state index contributed by atoms with van der Waals surface area (Å²) in [6.07, 6.45) is 7.07. The van der Waals surface area contributed by atoms with Crippen molar-refractivity contribution in [1.82, 2.24) is 14.9 Å². The third-order valence-electron chi connectivity index (χ3n) is 6.12. The second-order valence-electron chi connectivity index (χ2n) is 8.06. The Hall–Kier alpha value is -2.43. The number of anilines is 1. The Bertz CT molecular complexity index is 859. The van der Waals surface area contributed by atoms with Crippen LogP contribution in [0.2, 0.25) is 0 Å². The Morgan fingerprint density at radius 1 is 1.26 bits per heavy atom. The summed E-state index contributed by atoms with van der Waals surface area (Å²) in [4.78, 5) is 26.7. The molecule has 27 heavy (non-hydrogen) atoms. The van der Waals surface area contributed by atoms with Crippen LogP contribution in [0, 0.1) is 0 Å². The first kappa shape index (κ1) is 18.0. The number of amides is 1. The van der Waals surface area contributed by atoms with E-state index in [0.29, 0.717) is 0 Å². The van der Waals surface area contributed by atoms with Gasteiger partial charge in [0.2, 0.25) is 5.95 Å². The third kappa shape index (κ3) is 3.09. The van der Waals surface area contributed by atoms with E-state index in [4.69, 9.17) is 4.98 Å². The van der Waals surface area contributed by atoms with Crippen molar-refractivity contribution >= 4 is 11.9 Å². The van der Waals surface area contributed by atoms with E-state index in [1.165, 1.54) is 11.3 Å². The molecule has 1 fully saturated rings. The number of fused-ring (bicyclic) bond motifs is 2. The molecule has 1 aliphatic carbocycles. The Morgan fingerprint density at radius 3 is 2.85 bits per heavy atom. The highest BCUT2D eigenvalue weighted by Crippen LogP contribution is 2.44. The van der Waals surface area contributed by atoms with Crippen molar-refractivity contribution in [3.05, 3.63) is 52.8 Å². The summed E-state index contributed by atoms with van der Waals surface area (Å²) >= 11 is 0. The summed E-state index contributed by atoms with van der Waals surface area (Å²) < 4.78 is 0. The second kappa shape index (κ2) is 6.95. The lowest BCUT2D eigenvalue weighted by Gasteiger charge is -2.40. The smallest absolute Gasteiger partial charge is 0.254 e. The van der Waals surface area contributed by atoms with Gasteiger partial charge in [-0.3, -0.25) is 4.79 Å². The summed E-state index contributed by atoms with van der Waals surface area (Å²) in [5.41, 5.74) is 4.39. The standard InChI is InChI=1S/C22H28N4O/c1-4-16-8-5-6-9-18(16)20(27)26-13-7-11-22(15-26)12-10-17-14-23-21(25(2)3)24-19(17)22/h5-6,8-9,14H,4,7,10-13,15H2,1-3H3. The maximum Gasteiger partial charge on any atom is 0.254 e. The van der Waals surface area contributed by atoms with Gasteiger partial charge >= 0.3 is 0 Å². The van der Waals surface area contributed by atoms with Crippen LogP contribution >= 0.6 is 0 Å². The first-order valence-electron chi connectivity index (χ1n) is 9.95. The Morgan fingerprint density at radius 2 is 2.07 bits per heavy atom. The van der Waals surface area contributed by atoms with Gasteiger partial charge in [-0.2, -0.15) is 0 Å². The quantitative estimate of drug-likeness (QED) is 0.839. The average Bonchev–Trinajstić information content (AvgIpc) is 3.04. The molecule has 5 heteroatoms. The molecule has 1 aliphatic heterocycles. The van der Waals surface area contributed by atoms with Crippen LogP contribution in [-0.4, -0.2) is 48.0 Å². The van der Waals surface area contributed by atoms with Crippen LogP contribution in [0.5, 0.6) is 0 Å². The molecule has 2 aliphatic rings.